The Hall–Kier alpha value is -1.72. The number of hydrogen-bond donors (Lipinski definition) is 1. The van der Waals surface area contributed by atoms with E-state index in [1.54, 1.807) is 0 Å². The molecular formula is C17H24F3NO2. The summed E-state index contributed by atoms with van der Waals surface area (Å²) >= 11 is 0. The molecule has 0 spiro atoms. The predicted molar refractivity (Wildman–Crippen MR) is 83.4 cm³/mol. The number of halogens is 3. The van der Waals surface area contributed by atoms with Crippen LogP contribution >= 0.6 is 0 Å². The lowest BCUT2D eigenvalue weighted by Crippen LogP contribution is -2.24. The van der Waals surface area contributed by atoms with E-state index >= 15 is 0 Å². The molecule has 1 aliphatic rings. The summed E-state index contributed by atoms with van der Waals surface area (Å²) in [5, 5.41) is 2.30. The number of nitrogens with one attached hydrogen (secondary N) is 1. The number of ether oxygens (including phenoxy) is 1. The number of carbonyl (C=O) groups excluding carboxylic acids is 1. The van der Waals surface area contributed by atoms with E-state index in [1.807, 2.05) is 0 Å². The van der Waals surface area contributed by atoms with Crippen LogP contribution in [0.1, 0.15) is 56.3 Å². The SMILES string of the molecule is CCCC1(C)CCC1.CNC(=O)c1cccc(OC(F)(F)F)c1. The number of rotatable bonds is 4. The first-order chi connectivity index (χ1) is 10.7. The third-order valence-electron chi connectivity index (χ3n) is 3.97. The first-order valence-electron chi connectivity index (χ1n) is 7.77. The van der Waals surface area contributed by atoms with Gasteiger partial charge in [0.1, 0.15) is 5.75 Å². The largest absolute Gasteiger partial charge is 0.573 e. The van der Waals surface area contributed by atoms with Gasteiger partial charge in [0, 0.05) is 12.6 Å². The fourth-order valence-corrected chi connectivity index (χ4v) is 2.61. The molecule has 0 bridgehead atoms. The normalized spacial score (nSPS) is 15.7. The molecule has 0 atom stereocenters. The molecule has 2 rings (SSSR count). The second kappa shape index (κ2) is 8.22. The molecule has 1 N–H and O–H groups in total. The molecule has 1 fully saturated rings. The van der Waals surface area contributed by atoms with Crippen LogP contribution in [0, 0.1) is 5.41 Å². The van der Waals surface area contributed by atoms with Gasteiger partial charge in [-0.05, 0) is 42.9 Å². The van der Waals surface area contributed by atoms with Gasteiger partial charge in [-0.15, -0.1) is 13.2 Å². The summed E-state index contributed by atoms with van der Waals surface area (Å²) in [6.45, 7) is 4.70. The Morgan fingerprint density at radius 1 is 1.35 bits per heavy atom. The monoisotopic (exact) mass is 331 g/mol. The van der Waals surface area contributed by atoms with Gasteiger partial charge in [-0.1, -0.05) is 32.8 Å². The van der Waals surface area contributed by atoms with E-state index in [0.717, 1.165) is 17.5 Å². The van der Waals surface area contributed by atoms with Crippen molar-refractivity contribution >= 4 is 5.91 Å². The molecule has 0 unspecified atom stereocenters. The molecule has 0 radical (unpaired) electrons. The van der Waals surface area contributed by atoms with Crippen molar-refractivity contribution in [3.8, 4) is 5.75 Å². The maximum absolute atomic E-state index is 11.8. The minimum Gasteiger partial charge on any atom is -0.406 e. The van der Waals surface area contributed by atoms with E-state index in [4.69, 9.17) is 0 Å². The van der Waals surface area contributed by atoms with Crippen LogP contribution in [0.3, 0.4) is 0 Å². The Bertz CT molecular complexity index is 511. The molecule has 23 heavy (non-hydrogen) atoms. The fourth-order valence-electron chi connectivity index (χ4n) is 2.61. The van der Waals surface area contributed by atoms with Crippen LogP contribution in [0.25, 0.3) is 0 Å². The van der Waals surface area contributed by atoms with Gasteiger partial charge in [0.15, 0.2) is 0 Å². The highest BCUT2D eigenvalue weighted by atomic mass is 19.4. The molecule has 0 heterocycles. The van der Waals surface area contributed by atoms with Crippen molar-refractivity contribution in [2.24, 2.45) is 5.41 Å². The average molecular weight is 331 g/mol. The standard InChI is InChI=1S/C9H8F3NO2.C8H16/c1-13-8(14)6-3-2-4-7(5-6)15-9(10,11)12;1-3-5-8(2)6-4-7-8/h2-5H,1H3,(H,13,14);3-7H2,1-2H3. The number of alkyl halides is 3. The van der Waals surface area contributed by atoms with Gasteiger partial charge in [-0.25, -0.2) is 0 Å². The van der Waals surface area contributed by atoms with Gasteiger partial charge >= 0.3 is 6.36 Å². The molecule has 0 saturated heterocycles. The average Bonchev–Trinajstić information content (AvgIpc) is 2.44. The molecule has 1 saturated carbocycles. The second-order valence-electron chi connectivity index (χ2n) is 6.07. The first kappa shape index (κ1) is 19.3. The molecule has 1 aromatic rings. The molecule has 1 amide bonds. The van der Waals surface area contributed by atoms with Crippen molar-refractivity contribution in [3.05, 3.63) is 29.8 Å². The van der Waals surface area contributed by atoms with Crippen LogP contribution in [-0.4, -0.2) is 19.3 Å². The van der Waals surface area contributed by atoms with Crippen molar-refractivity contribution in [1.82, 2.24) is 5.32 Å². The van der Waals surface area contributed by atoms with E-state index in [9.17, 15) is 18.0 Å². The zero-order valence-corrected chi connectivity index (χ0v) is 13.8. The third-order valence-corrected chi connectivity index (χ3v) is 3.97. The minimum atomic E-state index is -4.75. The van der Waals surface area contributed by atoms with Crippen LogP contribution in [-0.2, 0) is 0 Å². The highest BCUT2D eigenvalue weighted by Gasteiger charge is 2.31. The number of carbonyl (C=O) groups is 1. The summed E-state index contributed by atoms with van der Waals surface area (Å²) in [5.41, 5.74) is 0.883. The second-order valence-corrected chi connectivity index (χ2v) is 6.07. The Morgan fingerprint density at radius 3 is 2.39 bits per heavy atom. The molecule has 130 valence electrons. The fraction of sp³-hybridized carbons (Fsp3) is 0.588. The van der Waals surface area contributed by atoms with Crippen LogP contribution in [0.15, 0.2) is 24.3 Å². The van der Waals surface area contributed by atoms with Crippen LogP contribution < -0.4 is 10.1 Å². The summed E-state index contributed by atoms with van der Waals surface area (Å²) in [7, 11) is 1.39. The third kappa shape index (κ3) is 6.93. The van der Waals surface area contributed by atoms with Crippen molar-refractivity contribution in [1.29, 1.82) is 0 Å². The summed E-state index contributed by atoms with van der Waals surface area (Å²) in [6.07, 6.45) is 2.53. The van der Waals surface area contributed by atoms with Gasteiger partial charge in [0.2, 0.25) is 0 Å². The van der Waals surface area contributed by atoms with Crippen LogP contribution in [0.5, 0.6) is 5.75 Å². The lowest BCUT2D eigenvalue weighted by Gasteiger charge is -2.38. The van der Waals surface area contributed by atoms with Gasteiger partial charge in [0.05, 0.1) is 0 Å². The van der Waals surface area contributed by atoms with E-state index < -0.39 is 18.0 Å². The number of hydrogen-bond acceptors (Lipinski definition) is 2. The number of benzene rings is 1. The Morgan fingerprint density at radius 2 is 2.00 bits per heavy atom. The maximum atomic E-state index is 11.8. The van der Waals surface area contributed by atoms with E-state index in [0.29, 0.717) is 0 Å². The quantitative estimate of drug-likeness (QED) is 0.850. The van der Waals surface area contributed by atoms with Gasteiger partial charge < -0.3 is 10.1 Å². The lowest BCUT2D eigenvalue weighted by atomic mass is 9.68. The van der Waals surface area contributed by atoms with Crippen molar-refractivity contribution in [2.75, 3.05) is 7.05 Å². The van der Waals surface area contributed by atoms with Crippen LogP contribution in [0.2, 0.25) is 0 Å². The molecule has 3 nitrogen and oxygen atoms in total. The van der Waals surface area contributed by atoms with Crippen molar-refractivity contribution in [3.63, 3.8) is 0 Å². The highest BCUT2D eigenvalue weighted by Crippen LogP contribution is 2.43. The lowest BCUT2D eigenvalue weighted by molar-refractivity contribution is -0.274. The topological polar surface area (TPSA) is 38.3 Å². The van der Waals surface area contributed by atoms with E-state index in [2.05, 4.69) is 23.9 Å². The van der Waals surface area contributed by atoms with Gasteiger partial charge in [-0.2, -0.15) is 0 Å². The maximum Gasteiger partial charge on any atom is 0.573 e. The first-order valence-corrected chi connectivity index (χ1v) is 7.77. The molecule has 6 heteroatoms. The minimum absolute atomic E-state index is 0.110. The Labute approximate surface area is 135 Å². The summed E-state index contributed by atoms with van der Waals surface area (Å²) in [6, 6.07) is 4.85. The summed E-state index contributed by atoms with van der Waals surface area (Å²) in [4.78, 5) is 11.1. The zero-order valence-electron chi connectivity index (χ0n) is 13.8. The van der Waals surface area contributed by atoms with E-state index in [-0.39, 0.29) is 5.56 Å². The highest BCUT2D eigenvalue weighted by molar-refractivity contribution is 5.94. The van der Waals surface area contributed by atoms with Crippen molar-refractivity contribution in [2.45, 2.75) is 52.3 Å². The summed E-state index contributed by atoms with van der Waals surface area (Å²) < 4.78 is 39.2. The van der Waals surface area contributed by atoms with Gasteiger partial charge in [0.25, 0.3) is 5.91 Å². The van der Waals surface area contributed by atoms with E-state index in [1.165, 1.54) is 51.3 Å². The molecule has 0 aliphatic heterocycles. The Balaban J connectivity index is 0.000000277. The molecular weight excluding hydrogens is 307 g/mol. The zero-order chi connectivity index (χ0) is 17.5. The molecule has 1 aromatic carbocycles. The molecule has 0 aromatic heterocycles. The smallest absolute Gasteiger partial charge is 0.406 e. The predicted octanol–water partition coefficient (Wildman–Crippen LogP) is 4.92. The van der Waals surface area contributed by atoms with Crippen LogP contribution in [0.4, 0.5) is 13.2 Å². The molecule has 1 aliphatic carbocycles. The number of amides is 1. The van der Waals surface area contributed by atoms with Crippen molar-refractivity contribution < 1.29 is 22.7 Å². The van der Waals surface area contributed by atoms with Gasteiger partial charge in [-0.3, -0.25) is 4.79 Å². The Kier molecular flexibility index (Phi) is 6.91. The summed E-state index contributed by atoms with van der Waals surface area (Å²) in [5.74, 6) is -0.883.